The van der Waals surface area contributed by atoms with E-state index in [9.17, 15) is 0 Å². The summed E-state index contributed by atoms with van der Waals surface area (Å²) in [5.74, 6) is 0. The van der Waals surface area contributed by atoms with Crippen molar-refractivity contribution in [1.29, 1.82) is 0 Å². The summed E-state index contributed by atoms with van der Waals surface area (Å²) in [6, 6.07) is 4.46. The summed E-state index contributed by atoms with van der Waals surface area (Å²) in [6.07, 6.45) is 4.32. The van der Waals surface area contributed by atoms with E-state index < -0.39 is 0 Å². The normalized spacial score (nSPS) is 17.1. The molecule has 1 fully saturated rings. The number of halogens is 1. The number of nitrogens with one attached hydrogen (secondary N) is 1. The first kappa shape index (κ1) is 8.08. The molecule has 0 spiro atoms. The lowest BCUT2D eigenvalue weighted by Gasteiger charge is -1.91. The molecular weight excluding hydrogens is 192 g/mol. The molecule has 2 nitrogen and oxygen atoms in total. The first-order chi connectivity index (χ1) is 5.84. The smallest absolute Gasteiger partial charge is 0.0935 e. The predicted octanol–water partition coefficient (Wildman–Crippen LogP) is 2.49. The number of rotatable bonds is 3. The molecule has 0 amide bonds. The molecule has 4 heteroatoms. The van der Waals surface area contributed by atoms with E-state index in [1.165, 1.54) is 24.2 Å². The number of nitrogens with zero attached hydrogens (tertiary/aromatic N) is 1. The van der Waals surface area contributed by atoms with E-state index in [0.29, 0.717) is 6.04 Å². The topological polar surface area (TPSA) is 24.4 Å². The van der Waals surface area contributed by atoms with Crippen LogP contribution < -0.4 is 5.43 Å². The Morgan fingerprint density at radius 1 is 1.58 bits per heavy atom. The van der Waals surface area contributed by atoms with Gasteiger partial charge in [-0.2, -0.15) is 5.10 Å². The highest BCUT2D eigenvalue weighted by atomic mass is 35.5. The highest BCUT2D eigenvalue weighted by molar-refractivity contribution is 7.17. The molecule has 0 aromatic carbocycles. The quantitative estimate of drug-likeness (QED) is 0.589. The zero-order valence-corrected chi connectivity index (χ0v) is 8.03. The minimum atomic E-state index is 0.622. The lowest BCUT2D eigenvalue weighted by molar-refractivity contribution is 0.742. The van der Waals surface area contributed by atoms with Crippen LogP contribution in [-0.4, -0.2) is 12.3 Å². The van der Waals surface area contributed by atoms with E-state index in [1.54, 1.807) is 0 Å². The number of hydrogen-bond donors (Lipinski definition) is 1. The summed E-state index contributed by atoms with van der Waals surface area (Å²) < 4.78 is 0.808. The second-order valence-corrected chi connectivity index (χ2v) is 4.55. The Morgan fingerprint density at radius 2 is 2.42 bits per heavy atom. The molecule has 0 saturated heterocycles. The second-order valence-electron chi connectivity index (χ2n) is 2.80. The van der Waals surface area contributed by atoms with E-state index in [4.69, 9.17) is 11.6 Å². The minimum Gasteiger partial charge on any atom is -0.307 e. The van der Waals surface area contributed by atoms with Crippen molar-refractivity contribution >= 4 is 29.2 Å². The SMILES string of the molecule is Clc1ccc(/C=N/NC2CC2)s1. The molecule has 1 heterocycles. The maximum absolute atomic E-state index is 5.75. The monoisotopic (exact) mass is 200 g/mol. The van der Waals surface area contributed by atoms with Crippen LogP contribution in [0.3, 0.4) is 0 Å². The highest BCUT2D eigenvalue weighted by Crippen LogP contribution is 2.20. The molecule has 1 aliphatic carbocycles. The second kappa shape index (κ2) is 3.46. The van der Waals surface area contributed by atoms with Gasteiger partial charge in [0.1, 0.15) is 0 Å². The first-order valence-electron chi connectivity index (χ1n) is 3.88. The van der Waals surface area contributed by atoms with Crippen molar-refractivity contribution in [2.75, 3.05) is 0 Å². The zero-order chi connectivity index (χ0) is 8.39. The van der Waals surface area contributed by atoms with E-state index >= 15 is 0 Å². The number of hydrazone groups is 1. The van der Waals surface area contributed by atoms with Gasteiger partial charge in [-0.05, 0) is 25.0 Å². The fourth-order valence-corrected chi connectivity index (χ4v) is 1.75. The van der Waals surface area contributed by atoms with Gasteiger partial charge in [-0.1, -0.05) is 11.6 Å². The van der Waals surface area contributed by atoms with Gasteiger partial charge in [0.05, 0.1) is 10.6 Å². The van der Waals surface area contributed by atoms with Gasteiger partial charge in [-0.3, -0.25) is 0 Å². The maximum Gasteiger partial charge on any atom is 0.0935 e. The number of thiophene rings is 1. The lowest BCUT2D eigenvalue weighted by atomic mass is 10.5. The van der Waals surface area contributed by atoms with Crippen LogP contribution in [0.4, 0.5) is 0 Å². The molecule has 0 aliphatic heterocycles. The van der Waals surface area contributed by atoms with Gasteiger partial charge in [-0.25, -0.2) is 0 Å². The predicted molar refractivity (Wildman–Crippen MR) is 53.1 cm³/mol. The fourth-order valence-electron chi connectivity index (χ4n) is 0.816. The standard InChI is InChI=1S/C8H9ClN2S/c9-8-4-3-7(12-8)5-10-11-6-1-2-6/h3-6,11H,1-2H2/b10-5+. The van der Waals surface area contributed by atoms with Crippen LogP contribution in [0.1, 0.15) is 17.7 Å². The molecule has 0 atom stereocenters. The van der Waals surface area contributed by atoms with Crippen LogP contribution in [0.25, 0.3) is 0 Å². The lowest BCUT2D eigenvalue weighted by Crippen LogP contribution is -2.07. The van der Waals surface area contributed by atoms with Gasteiger partial charge in [0.2, 0.25) is 0 Å². The molecule has 1 aromatic rings. The van der Waals surface area contributed by atoms with Gasteiger partial charge in [0, 0.05) is 10.9 Å². The Kier molecular flexibility index (Phi) is 2.33. The van der Waals surface area contributed by atoms with Crippen molar-refractivity contribution in [3.63, 3.8) is 0 Å². The van der Waals surface area contributed by atoms with Crippen molar-refractivity contribution < 1.29 is 0 Å². The molecule has 0 radical (unpaired) electrons. The summed E-state index contributed by atoms with van der Waals surface area (Å²) in [5, 5.41) is 4.09. The summed E-state index contributed by atoms with van der Waals surface area (Å²) in [7, 11) is 0. The molecule has 64 valence electrons. The Morgan fingerprint density at radius 3 is 3.00 bits per heavy atom. The van der Waals surface area contributed by atoms with Crippen LogP contribution in [0.15, 0.2) is 17.2 Å². The van der Waals surface area contributed by atoms with E-state index in [-0.39, 0.29) is 0 Å². The third kappa shape index (κ3) is 2.22. The molecule has 1 aliphatic rings. The third-order valence-electron chi connectivity index (χ3n) is 1.62. The van der Waals surface area contributed by atoms with Crippen LogP contribution in [0, 0.1) is 0 Å². The molecule has 1 N–H and O–H groups in total. The van der Waals surface area contributed by atoms with Crippen molar-refractivity contribution in [3.05, 3.63) is 21.3 Å². The van der Waals surface area contributed by atoms with E-state index in [2.05, 4.69) is 10.5 Å². The first-order valence-corrected chi connectivity index (χ1v) is 5.08. The molecule has 2 rings (SSSR count). The average Bonchev–Trinajstić information content (AvgIpc) is 2.76. The molecule has 0 unspecified atom stereocenters. The van der Waals surface area contributed by atoms with Crippen molar-refractivity contribution in [2.45, 2.75) is 18.9 Å². The molecule has 1 saturated carbocycles. The van der Waals surface area contributed by atoms with Crippen molar-refractivity contribution in [3.8, 4) is 0 Å². The summed E-state index contributed by atoms with van der Waals surface area (Å²) in [6.45, 7) is 0. The van der Waals surface area contributed by atoms with Crippen LogP contribution in [0.2, 0.25) is 4.34 Å². The van der Waals surface area contributed by atoms with Gasteiger partial charge in [-0.15, -0.1) is 11.3 Å². The van der Waals surface area contributed by atoms with E-state index in [1.807, 2.05) is 18.3 Å². The van der Waals surface area contributed by atoms with Crippen molar-refractivity contribution in [2.24, 2.45) is 5.10 Å². The highest BCUT2D eigenvalue weighted by Gasteiger charge is 2.19. The maximum atomic E-state index is 5.75. The van der Waals surface area contributed by atoms with E-state index in [0.717, 1.165) is 9.21 Å². The Labute approximate surface area is 80.2 Å². The summed E-state index contributed by atoms with van der Waals surface area (Å²) >= 11 is 7.29. The largest absolute Gasteiger partial charge is 0.307 e. The number of hydrogen-bond acceptors (Lipinski definition) is 3. The van der Waals surface area contributed by atoms with Crippen LogP contribution >= 0.6 is 22.9 Å². The minimum absolute atomic E-state index is 0.622. The van der Waals surface area contributed by atoms with Crippen molar-refractivity contribution in [1.82, 2.24) is 5.43 Å². The van der Waals surface area contributed by atoms with Gasteiger partial charge < -0.3 is 5.43 Å². The van der Waals surface area contributed by atoms with Crippen LogP contribution in [-0.2, 0) is 0 Å². The third-order valence-corrected chi connectivity index (χ3v) is 2.79. The molecular formula is C8H9ClN2S. The Bertz CT molecular complexity index is 291. The fraction of sp³-hybridized carbons (Fsp3) is 0.375. The van der Waals surface area contributed by atoms with Gasteiger partial charge in [0.25, 0.3) is 0 Å². The molecule has 0 bridgehead atoms. The van der Waals surface area contributed by atoms with Gasteiger partial charge in [0.15, 0.2) is 0 Å². The zero-order valence-electron chi connectivity index (χ0n) is 6.46. The summed E-state index contributed by atoms with van der Waals surface area (Å²) in [5.41, 5.74) is 3.05. The van der Waals surface area contributed by atoms with Crippen LogP contribution in [0.5, 0.6) is 0 Å². The van der Waals surface area contributed by atoms with Gasteiger partial charge >= 0.3 is 0 Å². The summed E-state index contributed by atoms with van der Waals surface area (Å²) in [4.78, 5) is 1.09. The molecule has 12 heavy (non-hydrogen) atoms. The Hall–Kier alpha value is -0.540. The Balaban J connectivity index is 1.88. The average molecular weight is 201 g/mol. The molecule has 1 aromatic heterocycles.